The van der Waals surface area contributed by atoms with Crippen LogP contribution in [-0.2, 0) is 0 Å². The van der Waals surface area contributed by atoms with Gasteiger partial charge in [-0.15, -0.1) is 0 Å². The van der Waals surface area contributed by atoms with Crippen molar-refractivity contribution in [1.82, 2.24) is 15.0 Å². The molecule has 5 rings (SSSR count). The standard InChI is InChI=1S/C24H22N6OS/c25-12-15-10-17(14-26-13-15)16-4-9-20-21(11-16)32-24(28-20)30-23-3-1-2-22(29-23)27-18-5-7-19(31)8-6-18/h1-4,9-11,13-14,18-19,31H,5-8H2,(H2,27,28,29,30). The Morgan fingerprint density at radius 3 is 2.66 bits per heavy atom. The fourth-order valence-corrected chi connectivity index (χ4v) is 4.85. The summed E-state index contributed by atoms with van der Waals surface area (Å²) in [5.74, 6) is 1.56. The summed E-state index contributed by atoms with van der Waals surface area (Å²) >= 11 is 1.56. The van der Waals surface area contributed by atoms with Crippen molar-refractivity contribution in [3.05, 3.63) is 60.4 Å². The van der Waals surface area contributed by atoms with Gasteiger partial charge in [-0.05, 0) is 61.6 Å². The highest BCUT2D eigenvalue weighted by Crippen LogP contribution is 2.32. The number of nitrogens with zero attached hydrogens (tertiary/aromatic N) is 4. The number of hydrogen-bond donors (Lipinski definition) is 3. The van der Waals surface area contributed by atoms with Gasteiger partial charge in [0.05, 0.1) is 21.9 Å². The molecule has 0 saturated heterocycles. The number of pyridine rings is 2. The van der Waals surface area contributed by atoms with Crippen molar-refractivity contribution >= 4 is 38.3 Å². The van der Waals surface area contributed by atoms with Crippen molar-refractivity contribution in [2.45, 2.75) is 37.8 Å². The highest BCUT2D eigenvalue weighted by molar-refractivity contribution is 7.22. The quantitative estimate of drug-likeness (QED) is 0.395. The molecule has 0 unspecified atom stereocenters. The highest BCUT2D eigenvalue weighted by atomic mass is 32.1. The van der Waals surface area contributed by atoms with Crippen LogP contribution in [0.15, 0.2) is 54.9 Å². The Labute approximate surface area is 189 Å². The fourth-order valence-electron chi connectivity index (χ4n) is 3.94. The van der Waals surface area contributed by atoms with Crippen LogP contribution in [0.2, 0.25) is 0 Å². The van der Waals surface area contributed by atoms with Crippen molar-refractivity contribution in [3.63, 3.8) is 0 Å². The van der Waals surface area contributed by atoms with Crippen molar-refractivity contribution in [3.8, 4) is 17.2 Å². The number of hydrogen-bond acceptors (Lipinski definition) is 8. The van der Waals surface area contributed by atoms with Gasteiger partial charge in [0.1, 0.15) is 17.7 Å². The van der Waals surface area contributed by atoms with E-state index >= 15 is 0 Å². The average molecular weight is 443 g/mol. The number of nitrogens with one attached hydrogen (secondary N) is 2. The molecule has 1 fully saturated rings. The Kier molecular flexibility index (Phi) is 5.67. The number of fused-ring (bicyclic) bond motifs is 1. The summed E-state index contributed by atoms with van der Waals surface area (Å²) in [6, 6.07) is 16.2. The normalized spacial score (nSPS) is 18.2. The lowest BCUT2D eigenvalue weighted by atomic mass is 9.93. The number of aliphatic hydroxyl groups excluding tert-OH is 1. The number of aliphatic hydroxyl groups is 1. The molecule has 0 radical (unpaired) electrons. The predicted octanol–water partition coefficient (Wildman–Crippen LogP) is 5.08. The third kappa shape index (κ3) is 4.54. The SMILES string of the molecule is N#Cc1cncc(-c2ccc3nc(Nc4cccc(NC5CCC(O)CC5)n4)sc3c2)c1. The van der Waals surface area contributed by atoms with Crippen molar-refractivity contribution in [2.24, 2.45) is 0 Å². The maximum atomic E-state index is 9.69. The van der Waals surface area contributed by atoms with E-state index < -0.39 is 0 Å². The molecule has 1 aliphatic rings. The van der Waals surface area contributed by atoms with E-state index in [-0.39, 0.29) is 6.10 Å². The first-order valence-electron chi connectivity index (χ1n) is 10.6. The number of benzene rings is 1. The Hall–Kier alpha value is -3.54. The van der Waals surface area contributed by atoms with E-state index in [0.29, 0.717) is 11.6 Å². The van der Waals surface area contributed by atoms with E-state index in [1.807, 2.05) is 36.4 Å². The van der Waals surface area contributed by atoms with Gasteiger partial charge < -0.3 is 15.7 Å². The van der Waals surface area contributed by atoms with E-state index in [0.717, 1.165) is 63.8 Å². The van der Waals surface area contributed by atoms with Gasteiger partial charge in [-0.2, -0.15) is 5.26 Å². The van der Waals surface area contributed by atoms with Crippen molar-refractivity contribution in [2.75, 3.05) is 10.6 Å². The summed E-state index contributed by atoms with van der Waals surface area (Å²) in [7, 11) is 0. The van der Waals surface area contributed by atoms with Crippen LogP contribution in [0, 0.1) is 11.3 Å². The lowest BCUT2D eigenvalue weighted by molar-refractivity contribution is 0.126. The summed E-state index contributed by atoms with van der Waals surface area (Å²) in [6.07, 6.45) is 6.73. The van der Waals surface area contributed by atoms with Gasteiger partial charge in [0.15, 0.2) is 5.13 Å². The molecule has 0 bridgehead atoms. The Bertz CT molecular complexity index is 1290. The molecule has 8 heteroatoms. The lowest BCUT2D eigenvalue weighted by Gasteiger charge is -2.26. The summed E-state index contributed by atoms with van der Waals surface area (Å²) in [4.78, 5) is 13.5. The molecular weight excluding hydrogens is 420 g/mol. The van der Waals surface area contributed by atoms with Gasteiger partial charge in [0.25, 0.3) is 0 Å². The minimum absolute atomic E-state index is 0.167. The zero-order chi connectivity index (χ0) is 21.9. The number of anilines is 3. The third-order valence-corrected chi connectivity index (χ3v) is 6.56. The van der Waals surface area contributed by atoms with Crippen LogP contribution < -0.4 is 10.6 Å². The maximum Gasteiger partial charge on any atom is 0.189 e. The summed E-state index contributed by atoms with van der Waals surface area (Å²) in [5, 5.41) is 26.4. The third-order valence-electron chi connectivity index (χ3n) is 5.62. The van der Waals surface area contributed by atoms with Crippen LogP contribution in [-0.4, -0.2) is 32.2 Å². The number of rotatable bonds is 5. The van der Waals surface area contributed by atoms with E-state index in [1.54, 1.807) is 23.7 Å². The van der Waals surface area contributed by atoms with E-state index in [2.05, 4.69) is 37.7 Å². The average Bonchev–Trinajstić information content (AvgIpc) is 3.22. The molecule has 3 aromatic heterocycles. The molecule has 3 heterocycles. The molecule has 0 atom stereocenters. The second-order valence-electron chi connectivity index (χ2n) is 7.96. The second-order valence-corrected chi connectivity index (χ2v) is 8.99. The van der Waals surface area contributed by atoms with E-state index in [1.165, 1.54) is 0 Å². The molecule has 160 valence electrons. The van der Waals surface area contributed by atoms with Gasteiger partial charge in [0.2, 0.25) is 0 Å². The molecule has 0 amide bonds. The van der Waals surface area contributed by atoms with Gasteiger partial charge in [-0.25, -0.2) is 9.97 Å². The maximum absolute atomic E-state index is 9.69. The van der Waals surface area contributed by atoms with Crippen LogP contribution in [0.3, 0.4) is 0 Å². The first-order valence-corrected chi connectivity index (χ1v) is 11.4. The van der Waals surface area contributed by atoms with Crippen LogP contribution in [0.25, 0.3) is 21.3 Å². The smallest absolute Gasteiger partial charge is 0.189 e. The van der Waals surface area contributed by atoms with E-state index in [4.69, 9.17) is 5.26 Å². The fraction of sp³-hybridized carbons (Fsp3) is 0.250. The van der Waals surface area contributed by atoms with Crippen molar-refractivity contribution < 1.29 is 5.11 Å². The van der Waals surface area contributed by atoms with Gasteiger partial charge >= 0.3 is 0 Å². The molecule has 4 aromatic rings. The predicted molar refractivity (Wildman–Crippen MR) is 127 cm³/mol. The number of aromatic nitrogens is 3. The first-order chi connectivity index (χ1) is 15.7. The Balaban J connectivity index is 1.33. The second kappa shape index (κ2) is 8.91. The number of nitriles is 1. The minimum Gasteiger partial charge on any atom is -0.393 e. The molecule has 0 aliphatic heterocycles. The van der Waals surface area contributed by atoms with Crippen LogP contribution in [0.1, 0.15) is 31.2 Å². The monoisotopic (exact) mass is 442 g/mol. The zero-order valence-electron chi connectivity index (χ0n) is 17.3. The molecule has 1 aromatic carbocycles. The summed E-state index contributed by atoms with van der Waals surface area (Å²) in [6.45, 7) is 0. The molecule has 32 heavy (non-hydrogen) atoms. The van der Waals surface area contributed by atoms with Crippen LogP contribution in [0.5, 0.6) is 0 Å². The summed E-state index contributed by atoms with van der Waals surface area (Å²) < 4.78 is 1.04. The minimum atomic E-state index is -0.167. The Morgan fingerprint density at radius 2 is 1.81 bits per heavy atom. The molecule has 7 nitrogen and oxygen atoms in total. The first kappa shape index (κ1) is 20.4. The Morgan fingerprint density at radius 1 is 0.969 bits per heavy atom. The van der Waals surface area contributed by atoms with Crippen LogP contribution >= 0.6 is 11.3 Å². The molecule has 1 saturated carbocycles. The molecule has 3 N–H and O–H groups in total. The highest BCUT2D eigenvalue weighted by Gasteiger charge is 2.19. The van der Waals surface area contributed by atoms with Gasteiger partial charge in [-0.3, -0.25) is 4.98 Å². The lowest BCUT2D eigenvalue weighted by Crippen LogP contribution is -2.28. The molecule has 1 aliphatic carbocycles. The number of thiazole rings is 1. The van der Waals surface area contributed by atoms with E-state index in [9.17, 15) is 5.11 Å². The summed E-state index contributed by atoms with van der Waals surface area (Å²) in [5.41, 5.74) is 3.35. The largest absolute Gasteiger partial charge is 0.393 e. The van der Waals surface area contributed by atoms with Crippen LogP contribution in [0.4, 0.5) is 16.8 Å². The van der Waals surface area contributed by atoms with Gasteiger partial charge in [0, 0.05) is 24.0 Å². The van der Waals surface area contributed by atoms with Gasteiger partial charge in [-0.1, -0.05) is 23.5 Å². The topological polar surface area (TPSA) is 107 Å². The molecular formula is C24H22N6OS. The zero-order valence-corrected chi connectivity index (χ0v) is 18.1. The molecule has 0 spiro atoms. The van der Waals surface area contributed by atoms with Crippen molar-refractivity contribution in [1.29, 1.82) is 5.26 Å².